The number of nitrogens with two attached hydrogens (primary N) is 1. The van der Waals surface area contributed by atoms with Gasteiger partial charge in [0.15, 0.2) is 0 Å². The summed E-state index contributed by atoms with van der Waals surface area (Å²) in [5.74, 6) is 0.451. The summed E-state index contributed by atoms with van der Waals surface area (Å²) in [5, 5.41) is 5.34. The Morgan fingerprint density at radius 3 is 1.96 bits per heavy atom. The molecule has 0 spiro atoms. The van der Waals surface area contributed by atoms with E-state index in [1.807, 2.05) is 42.5 Å². The fourth-order valence-electron chi connectivity index (χ4n) is 2.76. The number of hydrogen-bond acceptors (Lipinski definition) is 3. The lowest BCUT2D eigenvalue weighted by Crippen LogP contribution is -2.19. The molecule has 0 bridgehead atoms. The first kappa shape index (κ1) is 18.0. The molecule has 3 amide bonds. The summed E-state index contributed by atoms with van der Waals surface area (Å²) in [6.45, 7) is 0. The van der Waals surface area contributed by atoms with Crippen molar-refractivity contribution in [1.29, 1.82) is 0 Å². The van der Waals surface area contributed by atoms with E-state index in [0.29, 0.717) is 22.7 Å². The molecule has 3 aromatic rings. The molecule has 136 valence electrons. The van der Waals surface area contributed by atoms with E-state index in [4.69, 9.17) is 10.5 Å². The average molecular weight is 361 g/mol. The maximum Gasteiger partial charge on any atom is 0.316 e. The van der Waals surface area contributed by atoms with Gasteiger partial charge in [0.1, 0.15) is 5.75 Å². The van der Waals surface area contributed by atoms with E-state index in [-0.39, 0.29) is 5.91 Å². The van der Waals surface area contributed by atoms with Gasteiger partial charge in [-0.25, -0.2) is 4.79 Å². The summed E-state index contributed by atoms with van der Waals surface area (Å²) in [6, 6.07) is 20.9. The summed E-state index contributed by atoms with van der Waals surface area (Å²) < 4.78 is 5.42. The van der Waals surface area contributed by atoms with Crippen LogP contribution in [0.1, 0.15) is 10.4 Å². The van der Waals surface area contributed by atoms with Gasteiger partial charge in [0.2, 0.25) is 0 Å². The van der Waals surface area contributed by atoms with Gasteiger partial charge in [0.05, 0.1) is 7.11 Å². The molecule has 0 aliphatic carbocycles. The van der Waals surface area contributed by atoms with Crippen LogP contribution in [0.25, 0.3) is 11.1 Å². The van der Waals surface area contributed by atoms with E-state index in [1.165, 1.54) is 0 Å². The minimum atomic E-state index is -0.641. The van der Waals surface area contributed by atoms with Crippen LogP contribution < -0.4 is 21.1 Å². The molecule has 0 heterocycles. The van der Waals surface area contributed by atoms with Crippen LogP contribution in [-0.4, -0.2) is 19.0 Å². The van der Waals surface area contributed by atoms with Gasteiger partial charge in [-0.1, -0.05) is 36.4 Å². The zero-order valence-corrected chi connectivity index (χ0v) is 14.7. The second-order valence-corrected chi connectivity index (χ2v) is 5.77. The van der Waals surface area contributed by atoms with E-state index in [9.17, 15) is 9.59 Å². The number of hydrogen-bond donors (Lipinski definition) is 3. The van der Waals surface area contributed by atoms with Crippen LogP contribution in [0.5, 0.6) is 5.75 Å². The molecule has 3 aromatic carbocycles. The van der Waals surface area contributed by atoms with Crippen LogP contribution in [-0.2, 0) is 0 Å². The van der Waals surface area contributed by atoms with Crippen molar-refractivity contribution in [3.05, 3.63) is 78.4 Å². The van der Waals surface area contributed by atoms with E-state index < -0.39 is 6.03 Å². The van der Waals surface area contributed by atoms with Crippen molar-refractivity contribution >= 4 is 23.3 Å². The molecule has 0 radical (unpaired) electrons. The van der Waals surface area contributed by atoms with Crippen LogP contribution in [0.2, 0.25) is 0 Å². The Morgan fingerprint density at radius 2 is 1.33 bits per heavy atom. The number of carbonyl (C=O) groups excluding carboxylic acids is 2. The lowest BCUT2D eigenvalue weighted by atomic mass is 9.98. The number of para-hydroxylation sites is 1. The maximum atomic E-state index is 12.8. The zero-order chi connectivity index (χ0) is 19.2. The Labute approximate surface area is 157 Å². The fraction of sp³-hybridized carbons (Fsp3) is 0.0476. The molecule has 3 rings (SSSR count). The number of primary amides is 1. The third kappa shape index (κ3) is 4.24. The number of anilines is 2. The normalized spacial score (nSPS) is 10.1. The fourth-order valence-corrected chi connectivity index (χ4v) is 2.76. The molecule has 0 saturated carbocycles. The lowest BCUT2D eigenvalue weighted by molar-refractivity contribution is 0.102. The van der Waals surface area contributed by atoms with Crippen molar-refractivity contribution in [2.45, 2.75) is 0 Å². The summed E-state index contributed by atoms with van der Waals surface area (Å²) in [4.78, 5) is 23.7. The largest absolute Gasteiger partial charge is 0.496 e. The Kier molecular flexibility index (Phi) is 5.37. The van der Waals surface area contributed by atoms with Crippen molar-refractivity contribution in [2.75, 3.05) is 17.7 Å². The maximum absolute atomic E-state index is 12.8. The number of methoxy groups -OCH3 is 1. The molecule has 0 saturated heterocycles. The van der Waals surface area contributed by atoms with Crippen molar-refractivity contribution < 1.29 is 14.3 Å². The van der Waals surface area contributed by atoms with Crippen LogP contribution in [0.4, 0.5) is 16.2 Å². The van der Waals surface area contributed by atoms with Crippen molar-refractivity contribution in [3.63, 3.8) is 0 Å². The van der Waals surface area contributed by atoms with Gasteiger partial charge in [-0.3, -0.25) is 4.79 Å². The Morgan fingerprint density at radius 1 is 0.778 bits per heavy atom. The molecule has 0 aliphatic heterocycles. The molecular formula is C21H19N3O3. The van der Waals surface area contributed by atoms with Gasteiger partial charge in [0, 0.05) is 22.5 Å². The number of urea groups is 1. The lowest BCUT2D eigenvalue weighted by Gasteiger charge is -2.13. The second-order valence-electron chi connectivity index (χ2n) is 5.77. The van der Waals surface area contributed by atoms with E-state index in [2.05, 4.69) is 10.6 Å². The third-order valence-electron chi connectivity index (χ3n) is 3.98. The minimum absolute atomic E-state index is 0.243. The molecule has 27 heavy (non-hydrogen) atoms. The highest BCUT2D eigenvalue weighted by molar-refractivity contribution is 6.09. The van der Waals surface area contributed by atoms with Crippen molar-refractivity contribution in [3.8, 4) is 16.9 Å². The second kappa shape index (κ2) is 8.05. The molecular weight excluding hydrogens is 342 g/mol. The first-order chi connectivity index (χ1) is 13.1. The highest BCUT2D eigenvalue weighted by atomic mass is 16.5. The topological polar surface area (TPSA) is 93.4 Å². The summed E-state index contributed by atoms with van der Waals surface area (Å²) in [7, 11) is 1.60. The number of amides is 3. The molecule has 4 N–H and O–H groups in total. The summed E-state index contributed by atoms with van der Waals surface area (Å²) in [6.07, 6.45) is 0. The minimum Gasteiger partial charge on any atom is -0.496 e. The number of rotatable bonds is 5. The molecule has 0 aromatic heterocycles. The smallest absolute Gasteiger partial charge is 0.316 e. The van der Waals surface area contributed by atoms with Crippen molar-refractivity contribution in [1.82, 2.24) is 0 Å². The van der Waals surface area contributed by atoms with Crippen molar-refractivity contribution in [2.24, 2.45) is 5.73 Å². The zero-order valence-electron chi connectivity index (χ0n) is 14.7. The highest BCUT2D eigenvalue weighted by Gasteiger charge is 2.15. The highest BCUT2D eigenvalue weighted by Crippen LogP contribution is 2.32. The Bertz CT molecular complexity index is 968. The number of carbonyl (C=O) groups is 2. The van der Waals surface area contributed by atoms with Crippen LogP contribution in [0.3, 0.4) is 0 Å². The van der Waals surface area contributed by atoms with Gasteiger partial charge in [-0.2, -0.15) is 0 Å². The molecule has 0 unspecified atom stereocenters. The molecule has 0 fully saturated rings. The quantitative estimate of drug-likeness (QED) is 0.638. The predicted molar refractivity (Wildman–Crippen MR) is 106 cm³/mol. The Hall–Kier alpha value is -3.80. The molecule has 6 nitrogen and oxygen atoms in total. The van der Waals surface area contributed by atoms with E-state index in [0.717, 1.165) is 11.1 Å². The summed E-state index contributed by atoms with van der Waals surface area (Å²) in [5.41, 5.74) is 8.38. The van der Waals surface area contributed by atoms with Gasteiger partial charge in [0.25, 0.3) is 5.91 Å². The van der Waals surface area contributed by atoms with Crippen LogP contribution >= 0.6 is 0 Å². The Balaban J connectivity index is 1.87. The number of ether oxygens (including phenoxy) is 1. The molecule has 6 heteroatoms. The summed E-state index contributed by atoms with van der Waals surface area (Å²) >= 11 is 0. The van der Waals surface area contributed by atoms with Crippen LogP contribution in [0, 0.1) is 0 Å². The average Bonchev–Trinajstić information content (AvgIpc) is 2.69. The monoisotopic (exact) mass is 361 g/mol. The number of benzene rings is 3. The SMILES string of the molecule is COc1ccccc1-c1ccccc1C(=O)Nc1ccc(NC(N)=O)cc1. The molecule has 0 aliphatic rings. The van der Waals surface area contributed by atoms with E-state index >= 15 is 0 Å². The van der Waals surface area contributed by atoms with Gasteiger partial charge < -0.3 is 21.1 Å². The first-order valence-electron chi connectivity index (χ1n) is 8.29. The predicted octanol–water partition coefficient (Wildman–Crippen LogP) is 4.11. The van der Waals surface area contributed by atoms with Gasteiger partial charge in [-0.15, -0.1) is 0 Å². The van der Waals surface area contributed by atoms with E-state index in [1.54, 1.807) is 37.4 Å². The van der Waals surface area contributed by atoms with Crippen LogP contribution in [0.15, 0.2) is 72.8 Å². The standard InChI is InChI=1S/C21H19N3O3/c1-27-19-9-5-4-7-17(19)16-6-2-3-8-18(16)20(25)23-14-10-12-15(13-11-14)24-21(22)26/h2-13H,1H3,(H,23,25)(H3,22,24,26). The van der Waals surface area contributed by atoms with Gasteiger partial charge >= 0.3 is 6.03 Å². The van der Waals surface area contributed by atoms with Gasteiger partial charge in [-0.05, 0) is 42.0 Å². The first-order valence-corrected chi connectivity index (χ1v) is 8.29. The molecule has 0 atom stereocenters. The third-order valence-corrected chi connectivity index (χ3v) is 3.98. The number of nitrogens with one attached hydrogen (secondary N) is 2.